The van der Waals surface area contributed by atoms with Crippen LogP contribution in [0, 0.1) is 0 Å². The van der Waals surface area contributed by atoms with Crippen molar-refractivity contribution < 1.29 is 0 Å². The molecule has 28 valence electrons. The molecule has 0 saturated carbocycles. The Morgan fingerprint density at radius 1 is 1.00 bits per heavy atom. The first kappa shape index (κ1) is 21.8. The van der Waals surface area contributed by atoms with Crippen LogP contribution in [0.25, 0.3) is 0 Å². The first-order chi connectivity index (χ1) is 1.00. The van der Waals surface area contributed by atoms with Gasteiger partial charge in [-0.25, -0.2) is 0 Å². The molecule has 0 spiro atoms. The van der Waals surface area contributed by atoms with Crippen molar-refractivity contribution in [2.45, 2.75) is 0 Å². The summed E-state index contributed by atoms with van der Waals surface area (Å²) < 4.78 is 0. The number of hydrogen-bond donors (Lipinski definition) is 0. The molecule has 0 radical (unpaired) electrons. The van der Waals surface area contributed by atoms with Crippen molar-refractivity contribution in [1.82, 2.24) is 0 Å². The molecule has 0 saturated heterocycles. The van der Waals surface area contributed by atoms with Gasteiger partial charge in [-0.1, -0.05) is 0 Å². The van der Waals surface area contributed by atoms with Gasteiger partial charge >= 0.3 is 23.7 Å². The summed E-state index contributed by atoms with van der Waals surface area (Å²) in [5.41, 5.74) is 0. The summed E-state index contributed by atoms with van der Waals surface area (Å²) in [6.45, 7) is 6.00. The third-order valence-electron chi connectivity index (χ3n) is 0. The van der Waals surface area contributed by atoms with Crippen LogP contribution in [-0.2, 0) is 0 Å². The maximum atomic E-state index is 3.00. The molecule has 0 aromatic rings. The fourth-order valence-electron chi connectivity index (χ4n) is 0. The Morgan fingerprint density at radius 2 is 1.00 bits per heavy atom. The van der Waals surface area contributed by atoms with Crippen molar-refractivity contribution in [3.8, 4) is 0 Å². The Kier molecular flexibility index (Phi) is 277. The molecule has 0 bridgehead atoms. The molecule has 0 aliphatic heterocycles. The Balaban J connectivity index is -0.00000000500. The fraction of sp³-hybridized carbons (Fsp3) is 0. The van der Waals surface area contributed by atoms with E-state index in [4.69, 9.17) is 0 Å². The zero-order valence-corrected chi connectivity index (χ0v) is 4.77. The predicted octanol–water partition coefficient (Wildman–Crippen LogP) is -1.57. The molecule has 0 nitrogen and oxygen atoms in total. The second kappa shape index (κ2) is 50.7. The van der Waals surface area contributed by atoms with E-state index in [0.29, 0.717) is 0 Å². The number of rotatable bonds is 0. The van der Waals surface area contributed by atoms with Crippen LogP contribution in [0.15, 0.2) is 13.2 Å². The normalized spacial score (nSPS) is 1.00. The van der Waals surface area contributed by atoms with Crippen LogP contribution in [0.3, 0.4) is 0 Å². The van der Waals surface area contributed by atoms with Crippen LogP contribution in [0.1, 0.15) is 0 Å². The molecular weight excluding hydrogens is 180 g/mol. The van der Waals surface area contributed by atoms with Gasteiger partial charge < -0.3 is 0 Å². The molecule has 0 aromatic heterocycles. The van der Waals surface area contributed by atoms with Crippen molar-refractivity contribution in [3.05, 3.63) is 13.2 Å². The third kappa shape index (κ3) is 15.0. The van der Waals surface area contributed by atoms with Gasteiger partial charge in [0.25, 0.3) is 0 Å². The molecule has 0 atom stereocenters. The zero-order chi connectivity index (χ0) is 2.00. The molecule has 0 heterocycles. The van der Waals surface area contributed by atoms with E-state index in [1.165, 1.54) is 0 Å². The zero-order valence-electron chi connectivity index (χ0n) is 1.91. The van der Waals surface area contributed by atoms with Gasteiger partial charge in [-0.05, 0) is 11.0 Å². The van der Waals surface area contributed by atoms with Gasteiger partial charge in [-0.3, -0.25) is 0 Å². The van der Waals surface area contributed by atoms with Crippen LogP contribution in [0.2, 0.25) is 0 Å². The second-order valence-corrected chi connectivity index (χ2v) is 0. The summed E-state index contributed by atoms with van der Waals surface area (Å²) in [5.74, 6) is 0. The van der Waals surface area contributed by atoms with E-state index < -0.39 is 0 Å². The van der Waals surface area contributed by atoms with E-state index >= 15 is 0 Å². The van der Waals surface area contributed by atoms with Crippen LogP contribution in [-0.4, -0.2) is 34.6 Å². The molecule has 0 fully saturated rings. The van der Waals surface area contributed by atoms with Gasteiger partial charge in [0.1, 0.15) is 0 Å². The van der Waals surface area contributed by atoms with Crippen molar-refractivity contribution in [1.29, 1.82) is 0 Å². The summed E-state index contributed by atoms with van der Waals surface area (Å²) in [4.78, 5) is 0. The van der Waals surface area contributed by atoms with E-state index in [-0.39, 0.29) is 34.6 Å². The molecule has 0 aliphatic rings. The molecule has 0 rings (SSSR count). The van der Waals surface area contributed by atoms with Crippen LogP contribution < -0.4 is 0 Å². The van der Waals surface area contributed by atoms with E-state index in [2.05, 4.69) is 13.2 Å². The fourth-order valence-corrected chi connectivity index (χ4v) is 0. The second-order valence-electron chi connectivity index (χ2n) is 0. The Labute approximate surface area is 48.0 Å². The molecule has 4 heavy (non-hydrogen) atoms. The number of hydrogen-bond acceptors (Lipinski definition) is 0. The molecule has 2 heteroatoms. The van der Waals surface area contributed by atoms with Gasteiger partial charge in [0.2, 0.25) is 0 Å². The third-order valence-corrected chi connectivity index (χ3v) is 0. The molecule has 0 aliphatic carbocycles. The van der Waals surface area contributed by atoms with E-state index in [0.717, 1.165) is 0 Å². The molecule has 0 aromatic carbocycles. The summed E-state index contributed by atoms with van der Waals surface area (Å²) >= 11 is 0. The standard InChI is InChI=1S/C2H4.H4Si.H2Te/c1-2;;/h1-2H2;1H4;1H2. The van der Waals surface area contributed by atoms with Gasteiger partial charge in [0.15, 0.2) is 0 Å². The minimum absolute atomic E-state index is 0. The molecule has 0 amide bonds. The van der Waals surface area contributed by atoms with Crippen molar-refractivity contribution >= 4 is 34.6 Å². The van der Waals surface area contributed by atoms with Crippen LogP contribution >= 0.6 is 0 Å². The van der Waals surface area contributed by atoms with Gasteiger partial charge in [0.05, 0.1) is 0 Å². The van der Waals surface area contributed by atoms with Crippen molar-refractivity contribution in [3.63, 3.8) is 0 Å². The monoisotopic (exact) mass is 192 g/mol. The summed E-state index contributed by atoms with van der Waals surface area (Å²) in [6, 6.07) is 0. The van der Waals surface area contributed by atoms with Crippen LogP contribution in [0.4, 0.5) is 0 Å². The SMILES string of the molecule is C=C.[SiH4].[TeH2]. The van der Waals surface area contributed by atoms with Gasteiger partial charge in [0, 0.05) is 0 Å². The van der Waals surface area contributed by atoms with Crippen molar-refractivity contribution in [2.24, 2.45) is 0 Å². The first-order valence-corrected chi connectivity index (χ1v) is 0.500. The van der Waals surface area contributed by atoms with Gasteiger partial charge in [-0.2, -0.15) is 0 Å². The van der Waals surface area contributed by atoms with Crippen molar-refractivity contribution in [2.75, 3.05) is 0 Å². The Hall–Kier alpha value is 0.746. The summed E-state index contributed by atoms with van der Waals surface area (Å²) in [5, 5.41) is 0. The quantitative estimate of drug-likeness (QED) is 0.320. The summed E-state index contributed by atoms with van der Waals surface area (Å²) in [7, 11) is 0. The van der Waals surface area contributed by atoms with E-state index in [1.54, 1.807) is 0 Å². The van der Waals surface area contributed by atoms with Crippen LogP contribution in [0.5, 0.6) is 0 Å². The average Bonchev–Trinajstić information content (AvgIpc) is 1.00. The van der Waals surface area contributed by atoms with Gasteiger partial charge in [-0.15, -0.1) is 13.2 Å². The minimum atomic E-state index is 0. The molecule has 0 N–H and O–H groups in total. The van der Waals surface area contributed by atoms with E-state index in [1.807, 2.05) is 0 Å². The topological polar surface area (TPSA) is 0 Å². The molecule has 0 unspecified atom stereocenters. The Morgan fingerprint density at radius 3 is 1.00 bits per heavy atom. The van der Waals surface area contributed by atoms with E-state index in [9.17, 15) is 0 Å². The maximum absolute atomic E-state index is 3.00. The average molecular weight is 190 g/mol. The predicted molar refractivity (Wildman–Crippen MR) is 31.1 cm³/mol. The molecular formula is C2H10SiTe. The first-order valence-electron chi connectivity index (χ1n) is 0.500. The summed E-state index contributed by atoms with van der Waals surface area (Å²) in [6.07, 6.45) is 0. The Bertz CT molecular complexity index is 6.00.